The van der Waals surface area contributed by atoms with Gasteiger partial charge in [0.05, 0.1) is 22.4 Å². The molecule has 1 N–H and O–H groups in total. The van der Waals surface area contributed by atoms with E-state index in [2.05, 4.69) is 207 Å². The van der Waals surface area contributed by atoms with Crippen molar-refractivity contribution in [1.82, 2.24) is 20.3 Å². The summed E-state index contributed by atoms with van der Waals surface area (Å²) in [6.07, 6.45) is 13.2. The molecule has 8 heterocycles. The number of hydrogen-bond acceptors (Lipinski definition) is 10. The molecule has 0 atom stereocenters. The van der Waals surface area contributed by atoms with Crippen LogP contribution in [0.5, 0.6) is 0 Å². The Hall–Kier alpha value is -11.5. The minimum absolute atomic E-state index is 0.632. The van der Waals surface area contributed by atoms with Gasteiger partial charge >= 0.3 is 0 Å². The van der Waals surface area contributed by atoms with E-state index in [9.17, 15) is 0 Å². The minimum atomic E-state index is 0.632. The predicted octanol–water partition coefficient (Wildman–Crippen LogP) is 20.1. The number of pyridine rings is 3. The zero-order valence-electron chi connectivity index (χ0n) is 44.7. The van der Waals surface area contributed by atoms with Gasteiger partial charge in [0, 0.05) is 110 Å². The molecule has 0 radical (unpaired) electrons. The third-order valence-corrected chi connectivity index (χ3v) is 16.9. The third kappa shape index (κ3) is 6.94. The van der Waals surface area contributed by atoms with Crippen LogP contribution in [0.2, 0.25) is 0 Å². The maximum atomic E-state index is 7.13. The lowest BCUT2D eigenvalue weighted by Gasteiger charge is -2.28. The van der Waals surface area contributed by atoms with Crippen molar-refractivity contribution in [2.45, 2.75) is 6.54 Å². The van der Waals surface area contributed by atoms with E-state index in [1.165, 1.54) is 10.8 Å². The van der Waals surface area contributed by atoms with E-state index in [1.54, 1.807) is 12.4 Å². The molecule has 394 valence electrons. The Balaban J connectivity index is 0.875. The quantitative estimate of drug-likeness (QED) is 0.148. The molecular formula is C74H44N6O4. The Bertz CT molecular complexity index is 5620. The second kappa shape index (κ2) is 18.0. The number of nitrogens with one attached hydrogen (secondary N) is 1. The zero-order chi connectivity index (χ0) is 55.0. The summed E-state index contributed by atoms with van der Waals surface area (Å²) in [4.78, 5) is 19.1. The first-order chi connectivity index (χ1) is 41.6. The lowest BCUT2D eigenvalue weighted by molar-refractivity contribution is 0.592. The molecule has 1 aliphatic heterocycles. The molecular weight excluding hydrogens is 1040 g/mol. The van der Waals surface area contributed by atoms with Crippen LogP contribution < -0.4 is 15.1 Å². The summed E-state index contributed by atoms with van der Waals surface area (Å²) in [5.74, 6) is 0.852. The number of anilines is 6. The summed E-state index contributed by atoms with van der Waals surface area (Å²) < 4.78 is 27.2. The highest BCUT2D eigenvalue weighted by Gasteiger charge is 2.28. The summed E-state index contributed by atoms with van der Waals surface area (Å²) >= 11 is 0. The smallest absolute Gasteiger partial charge is 0.161 e. The van der Waals surface area contributed by atoms with Crippen LogP contribution in [0.15, 0.2) is 261 Å². The Morgan fingerprint density at radius 2 is 1.06 bits per heavy atom. The molecule has 0 saturated heterocycles. The molecule has 10 heteroatoms. The number of rotatable bonds is 8. The molecule has 0 saturated carbocycles. The number of nitrogens with zero attached hydrogens (tertiary/aromatic N) is 5. The fourth-order valence-electron chi connectivity index (χ4n) is 13.2. The van der Waals surface area contributed by atoms with Gasteiger partial charge in [0.1, 0.15) is 44.8 Å². The van der Waals surface area contributed by atoms with Gasteiger partial charge in [-0.15, -0.1) is 0 Å². The van der Waals surface area contributed by atoms with E-state index >= 15 is 0 Å². The predicted molar refractivity (Wildman–Crippen MR) is 340 cm³/mol. The van der Waals surface area contributed by atoms with Gasteiger partial charge in [0.25, 0.3) is 0 Å². The van der Waals surface area contributed by atoms with Gasteiger partial charge in [-0.3, -0.25) is 15.0 Å². The number of furan rings is 4. The van der Waals surface area contributed by atoms with E-state index < -0.39 is 0 Å². The summed E-state index contributed by atoms with van der Waals surface area (Å²) in [5.41, 5.74) is 16.6. The molecule has 0 aliphatic carbocycles. The lowest BCUT2D eigenvalue weighted by atomic mass is 9.96. The van der Waals surface area contributed by atoms with E-state index in [4.69, 9.17) is 22.7 Å². The topological polar surface area (TPSA) is 110 Å². The Labute approximate surface area is 478 Å². The molecule has 10 aromatic carbocycles. The summed E-state index contributed by atoms with van der Waals surface area (Å²) in [6.45, 7) is 0.635. The van der Waals surface area contributed by atoms with Crippen molar-refractivity contribution < 1.29 is 17.7 Å². The molecule has 0 spiro atoms. The van der Waals surface area contributed by atoms with Gasteiger partial charge in [0.2, 0.25) is 0 Å². The lowest BCUT2D eigenvalue weighted by Crippen LogP contribution is -2.13. The van der Waals surface area contributed by atoms with Crippen molar-refractivity contribution in [2.24, 2.45) is 0 Å². The molecule has 1 aliphatic rings. The average molecular weight is 1080 g/mol. The van der Waals surface area contributed by atoms with Crippen molar-refractivity contribution in [3.8, 4) is 22.3 Å². The van der Waals surface area contributed by atoms with Gasteiger partial charge in [-0.05, 0) is 135 Å². The van der Waals surface area contributed by atoms with Crippen LogP contribution in [0, 0.1) is 0 Å². The van der Waals surface area contributed by atoms with Gasteiger partial charge in [-0.2, -0.15) is 0 Å². The zero-order valence-corrected chi connectivity index (χ0v) is 44.7. The van der Waals surface area contributed by atoms with Crippen LogP contribution >= 0.6 is 0 Å². The van der Waals surface area contributed by atoms with E-state index in [1.807, 2.05) is 55.1 Å². The number of hydrogen-bond donors (Lipinski definition) is 1. The van der Waals surface area contributed by atoms with E-state index in [0.29, 0.717) is 23.3 Å². The van der Waals surface area contributed by atoms with Crippen LogP contribution in [0.25, 0.3) is 138 Å². The van der Waals surface area contributed by atoms with Crippen LogP contribution in [0.4, 0.5) is 34.1 Å². The number of aromatic nitrogens is 3. The average Bonchev–Trinajstić information content (AvgIpc) is 2.63. The fraction of sp³-hybridized carbons (Fsp3) is 0.0135. The number of benzene rings is 10. The van der Waals surface area contributed by atoms with E-state index in [0.717, 1.165) is 149 Å². The fourth-order valence-corrected chi connectivity index (χ4v) is 13.2. The molecule has 0 fully saturated rings. The largest absolute Gasteiger partial charge is 0.456 e. The first-order valence-corrected chi connectivity index (χ1v) is 28.1. The molecule has 0 bridgehead atoms. The normalized spacial score (nSPS) is 12.5. The SMILES string of the molecule is C1=Cc2oc3cccc(N(c4ccc5oc6c(-c7cc(N(c8ccc9ccc%10ccccc%10c9c8)c8cccc9oc%10ccncc%10c89)cc8c7oc7ccncc78)ccnc6c5c4)c4ccc(-c5ccccc5)c5ccccc45)c3c2CN1. The summed E-state index contributed by atoms with van der Waals surface area (Å²) in [7, 11) is 0. The second-order valence-corrected chi connectivity index (χ2v) is 21.5. The highest BCUT2D eigenvalue weighted by Crippen LogP contribution is 2.51. The minimum Gasteiger partial charge on any atom is -0.456 e. The number of fused-ring (bicyclic) bond motifs is 16. The molecule has 17 aromatic rings. The van der Waals surface area contributed by atoms with Crippen LogP contribution in [0.1, 0.15) is 11.3 Å². The highest BCUT2D eigenvalue weighted by atomic mass is 16.3. The third-order valence-electron chi connectivity index (χ3n) is 16.9. The highest BCUT2D eigenvalue weighted by molar-refractivity contribution is 6.19. The van der Waals surface area contributed by atoms with Crippen molar-refractivity contribution in [3.63, 3.8) is 0 Å². The monoisotopic (exact) mass is 1080 g/mol. The Kier molecular flexibility index (Phi) is 9.92. The van der Waals surface area contributed by atoms with Crippen molar-refractivity contribution in [3.05, 3.63) is 255 Å². The first kappa shape index (κ1) is 46.3. The summed E-state index contributed by atoms with van der Waals surface area (Å²) in [5, 5.41) is 15.9. The molecule has 0 amide bonds. The Morgan fingerprint density at radius 3 is 1.93 bits per heavy atom. The standard InChI is InChI=1S/C74H44N6O4/c1-2-10-43(11-3-1)50-25-26-61(52-15-7-6-14-51(50)52)80(63-17-9-19-69-71(63)60-42-77-34-31-67(60)82-69)47-24-27-64-57(37-47)72-74(84-64)53(28-35-78-72)55-38-48(39-56-58-40-75-32-29-65(58)83-73(55)56)79(62-16-8-18-68-70(62)59-41-76-33-30-66(59)81-68)46-23-22-45-21-20-44-12-4-5-13-49(44)54(45)36-46/h1-41,77H,42H2. The molecule has 10 nitrogen and oxygen atoms in total. The van der Waals surface area contributed by atoms with Crippen LogP contribution in [-0.2, 0) is 6.54 Å². The van der Waals surface area contributed by atoms with Gasteiger partial charge < -0.3 is 32.8 Å². The maximum Gasteiger partial charge on any atom is 0.161 e. The van der Waals surface area contributed by atoms with Crippen molar-refractivity contribution in [2.75, 3.05) is 9.80 Å². The Morgan fingerprint density at radius 1 is 0.381 bits per heavy atom. The first-order valence-electron chi connectivity index (χ1n) is 28.1. The molecule has 84 heavy (non-hydrogen) atoms. The summed E-state index contributed by atoms with van der Waals surface area (Å²) in [6, 6.07) is 72.8. The van der Waals surface area contributed by atoms with E-state index in [-0.39, 0.29) is 0 Å². The second-order valence-electron chi connectivity index (χ2n) is 21.5. The van der Waals surface area contributed by atoms with Crippen LogP contribution in [-0.4, -0.2) is 15.0 Å². The van der Waals surface area contributed by atoms with Crippen LogP contribution in [0.3, 0.4) is 0 Å². The van der Waals surface area contributed by atoms with Crippen molar-refractivity contribution in [1.29, 1.82) is 0 Å². The molecule has 7 aromatic heterocycles. The molecule has 0 unspecified atom stereocenters. The van der Waals surface area contributed by atoms with Gasteiger partial charge in [0.15, 0.2) is 5.58 Å². The van der Waals surface area contributed by atoms with Crippen molar-refractivity contribution >= 4 is 149 Å². The molecule has 18 rings (SSSR count). The van der Waals surface area contributed by atoms with Gasteiger partial charge in [-0.25, -0.2) is 0 Å². The van der Waals surface area contributed by atoms with Gasteiger partial charge in [-0.1, -0.05) is 115 Å². The maximum absolute atomic E-state index is 7.13.